The number of morpholine rings is 1. The van der Waals surface area contributed by atoms with Crippen molar-refractivity contribution in [3.05, 3.63) is 62.4 Å². The zero-order valence-corrected chi connectivity index (χ0v) is 17.0. The highest BCUT2D eigenvalue weighted by Gasteiger charge is 2.27. The zero-order valence-electron chi connectivity index (χ0n) is 14.8. The number of aryl methyl sites for hydroxylation is 1. The van der Waals surface area contributed by atoms with E-state index >= 15 is 0 Å². The van der Waals surface area contributed by atoms with E-state index in [0.29, 0.717) is 41.9 Å². The van der Waals surface area contributed by atoms with E-state index in [0.717, 1.165) is 11.3 Å². The molecule has 0 bridgehead atoms. The average molecular weight is 430 g/mol. The molecule has 0 N–H and O–H groups in total. The highest BCUT2D eigenvalue weighted by Crippen LogP contribution is 2.25. The van der Waals surface area contributed by atoms with Gasteiger partial charge in [0.1, 0.15) is 5.15 Å². The van der Waals surface area contributed by atoms with Gasteiger partial charge in [0.05, 0.1) is 31.5 Å². The number of nitrogens with zero attached hydrogens (tertiary/aromatic N) is 2. The molecule has 8 heteroatoms. The van der Waals surface area contributed by atoms with Gasteiger partial charge in [0, 0.05) is 34.4 Å². The summed E-state index contributed by atoms with van der Waals surface area (Å²) >= 11 is 18.4. The molecule has 1 aromatic heterocycles. The molecule has 2 heterocycles. The molecular formula is C19H19Cl3N2O3. The Bertz CT molecular complexity index is 812. The average Bonchev–Trinajstić information content (AvgIpc) is 2.64. The Kier molecular flexibility index (Phi) is 6.95. The third-order valence-corrected chi connectivity index (χ3v) is 5.25. The van der Waals surface area contributed by atoms with E-state index in [9.17, 15) is 4.79 Å². The number of halogens is 3. The lowest BCUT2D eigenvalue weighted by atomic mass is 10.2. The lowest BCUT2D eigenvalue weighted by Crippen LogP contribution is -2.47. The van der Waals surface area contributed by atoms with Crippen LogP contribution in [0.15, 0.2) is 30.3 Å². The first-order valence-corrected chi connectivity index (χ1v) is 9.63. The lowest BCUT2D eigenvalue weighted by molar-refractivity contribution is -0.0647. The second-order valence-corrected chi connectivity index (χ2v) is 7.42. The number of ether oxygens (including phenoxy) is 2. The van der Waals surface area contributed by atoms with E-state index in [-0.39, 0.29) is 23.8 Å². The Hall–Kier alpha value is -1.37. The maximum absolute atomic E-state index is 12.7. The van der Waals surface area contributed by atoms with Crippen molar-refractivity contribution in [2.24, 2.45) is 0 Å². The number of carbonyl (C=O) groups is 1. The maximum atomic E-state index is 12.7. The van der Waals surface area contributed by atoms with Crippen LogP contribution >= 0.6 is 34.8 Å². The molecule has 2 aromatic rings. The summed E-state index contributed by atoms with van der Waals surface area (Å²) in [5.74, 6) is -0.157. The predicted molar refractivity (Wildman–Crippen MR) is 106 cm³/mol. The van der Waals surface area contributed by atoms with Crippen molar-refractivity contribution in [1.29, 1.82) is 0 Å². The molecule has 0 spiro atoms. The number of pyridine rings is 1. The van der Waals surface area contributed by atoms with Gasteiger partial charge in [-0.15, -0.1) is 0 Å². The quantitative estimate of drug-likeness (QED) is 0.661. The van der Waals surface area contributed by atoms with Crippen LogP contribution in [0.4, 0.5) is 0 Å². The SMILES string of the molecule is Cc1ccc(C(=O)N2CCOC(COCc3c(Cl)cccc3Cl)C2)c(Cl)n1. The molecule has 1 amide bonds. The van der Waals surface area contributed by atoms with Gasteiger partial charge in [0.2, 0.25) is 0 Å². The molecule has 5 nitrogen and oxygen atoms in total. The molecular weight excluding hydrogens is 411 g/mol. The van der Waals surface area contributed by atoms with Crippen molar-refractivity contribution in [2.75, 3.05) is 26.3 Å². The van der Waals surface area contributed by atoms with E-state index in [4.69, 9.17) is 44.3 Å². The molecule has 27 heavy (non-hydrogen) atoms. The van der Waals surface area contributed by atoms with Gasteiger partial charge in [0.25, 0.3) is 5.91 Å². The van der Waals surface area contributed by atoms with E-state index in [2.05, 4.69) is 4.98 Å². The summed E-state index contributed by atoms with van der Waals surface area (Å²) < 4.78 is 11.4. The molecule has 0 saturated carbocycles. The highest BCUT2D eigenvalue weighted by molar-refractivity contribution is 6.36. The molecule has 1 aliphatic rings. The van der Waals surface area contributed by atoms with Crippen LogP contribution in [0.3, 0.4) is 0 Å². The van der Waals surface area contributed by atoms with Crippen LogP contribution in [0.25, 0.3) is 0 Å². The van der Waals surface area contributed by atoms with Crippen LogP contribution in [0.2, 0.25) is 15.2 Å². The molecule has 144 valence electrons. The third-order valence-electron chi connectivity index (χ3n) is 4.26. The number of benzene rings is 1. The minimum absolute atomic E-state index is 0.157. The Balaban J connectivity index is 1.57. The van der Waals surface area contributed by atoms with E-state index in [1.54, 1.807) is 35.2 Å². The maximum Gasteiger partial charge on any atom is 0.257 e. The Labute approximate surface area is 173 Å². The molecule has 1 atom stereocenters. The van der Waals surface area contributed by atoms with Crippen LogP contribution in [0.5, 0.6) is 0 Å². The summed E-state index contributed by atoms with van der Waals surface area (Å²) in [6.45, 7) is 3.78. The number of hydrogen-bond acceptors (Lipinski definition) is 4. The smallest absolute Gasteiger partial charge is 0.257 e. The fourth-order valence-electron chi connectivity index (χ4n) is 2.82. The monoisotopic (exact) mass is 428 g/mol. The van der Waals surface area contributed by atoms with Crippen LogP contribution in [-0.2, 0) is 16.1 Å². The Morgan fingerprint density at radius 2 is 2.00 bits per heavy atom. The van der Waals surface area contributed by atoms with Crippen molar-refractivity contribution >= 4 is 40.7 Å². The fourth-order valence-corrected chi connectivity index (χ4v) is 3.61. The molecule has 1 unspecified atom stereocenters. The Morgan fingerprint density at radius 3 is 2.70 bits per heavy atom. The summed E-state index contributed by atoms with van der Waals surface area (Å²) in [6, 6.07) is 8.79. The van der Waals surface area contributed by atoms with Crippen molar-refractivity contribution in [3.63, 3.8) is 0 Å². The van der Waals surface area contributed by atoms with E-state index in [1.807, 2.05) is 6.92 Å². The summed E-state index contributed by atoms with van der Waals surface area (Å²) in [7, 11) is 0. The van der Waals surface area contributed by atoms with Gasteiger partial charge >= 0.3 is 0 Å². The lowest BCUT2D eigenvalue weighted by Gasteiger charge is -2.33. The van der Waals surface area contributed by atoms with Gasteiger partial charge in [-0.25, -0.2) is 4.98 Å². The molecule has 1 saturated heterocycles. The predicted octanol–water partition coefficient (Wildman–Crippen LogP) is 4.41. The molecule has 0 aliphatic carbocycles. The first-order chi connectivity index (χ1) is 13.0. The van der Waals surface area contributed by atoms with Gasteiger partial charge in [-0.3, -0.25) is 4.79 Å². The van der Waals surface area contributed by atoms with Crippen molar-refractivity contribution in [3.8, 4) is 0 Å². The van der Waals surface area contributed by atoms with Gasteiger partial charge in [-0.1, -0.05) is 40.9 Å². The largest absolute Gasteiger partial charge is 0.374 e. The number of carbonyl (C=O) groups excluding carboxylic acids is 1. The normalized spacial score (nSPS) is 17.2. The van der Waals surface area contributed by atoms with E-state index < -0.39 is 0 Å². The first-order valence-electron chi connectivity index (χ1n) is 8.50. The minimum Gasteiger partial charge on any atom is -0.374 e. The number of aromatic nitrogens is 1. The van der Waals surface area contributed by atoms with Gasteiger partial charge in [-0.05, 0) is 31.2 Å². The van der Waals surface area contributed by atoms with Crippen molar-refractivity contribution in [1.82, 2.24) is 9.88 Å². The number of rotatable bonds is 5. The number of amides is 1. The first kappa shape index (κ1) is 20.4. The highest BCUT2D eigenvalue weighted by atomic mass is 35.5. The summed E-state index contributed by atoms with van der Waals surface area (Å²) in [5.41, 5.74) is 1.90. The van der Waals surface area contributed by atoms with E-state index in [1.165, 1.54) is 0 Å². The summed E-state index contributed by atoms with van der Waals surface area (Å²) in [5, 5.41) is 1.34. The standard InChI is InChI=1S/C19H19Cl3N2O3/c1-12-5-6-14(18(22)23-12)19(25)24-7-8-27-13(9-24)10-26-11-15-16(20)3-2-4-17(15)21/h2-6,13H,7-11H2,1H3. The molecule has 0 radical (unpaired) electrons. The third kappa shape index (κ3) is 5.12. The topological polar surface area (TPSA) is 51.7 Å². The summed E-state index contributed by atoms with van der Waals surface area (Å²) in [6.07, 6.45) is -0.235. The molecule has 1 aromatic carbocycles. The van der Waals surface area contributed by atoms with Crippen LogP contribution < -0.4 is 0 Å². The van der Waals surface area contributed by atoms with Crippen LogP contribution in [-0.4, -0.2) is 48.2 Å². The van der Waals surface area contributed by atoms with Crippen molar-refractivity contribution < 1.29 is 14.3 Å². The van der Waals surface area contributed by atoms with Crippen molar-refractivity contribution in [2.45, 2.75) is 19.6 Å². The second kappa shape index (κ2) is 9.22. The van der Waals surface area contributed by atoms with Crippen LogP contribution in [0, 0.1) is 6.92 Å². The van der Waals surface area contributed by atoms with Gasteiger partial charge in [-0.2, -0.15) is 0 Å². The van der Waals surface area contributed by atoms with Crippen LogP contribution in [0.1, 0.15) is 21.6 Å². The fraction of sp³-hybridized carbons (Fsp3) is 0.368. The van der Waals surface area contributed by atoms with Gasteiger partial charge in [0.15, 0.2) is 0 Å². The minimum atomic E-state index is -0.235. The summed E-state index contributed by atoms with van der Waals surface area (Å²) in [4.78, 5) is 18.6. The zero-order chi connectivity index (χ0) is 19.4. The second-order valence-electron chi connectivity index (χ2n) is 6.25. The van der Waals surface area contributed by atoms with Gasteiger partial charge < -0.3 is 14.4 Å². The molecule has 1 fully saturated rings. The molecule has 3 rings (SSSR count). The number of hydrogen-bond donors (Lipinski definition) is 0. The molecule has 1 aliphatic heterocycles. The Morgan fingerprint density at radius 1 is 1.26 bits per heavy atom.